The van der Waals surface area contributed by atoms with Crippen LogP contribution >= 0.6 is 0 Å². The Labute approximate surface area is 133 Å². The fourth-order valence-electron chi connectivity index (χ4n) is 2.55. The molecule has 6 nitrogen and oxygen atoms in total. The van der Waals surface area contributed by atoms with E-state index in [-0.39, 0.29) is 10.9 Å². The van der Waals surface area contributed by atoms with Crippen molar-refractivity contribution in [3.05, 3.63) is 20.4 Å². The molecule has 0 aliphatic heterocycles. The van der Waals surface area contributed by atoms with Gasteiger partial charge < -0.3 is 19.6 Å². The molecule has 0 aliphatic carbocycles. The van der Waals surface area contributed by atoms with Gasteiger partial charge in [0.05, 0.1) is 0 Å². The lowest BCUT2D eigenvalue weighted by atomic mass is 10.1. The smallest absolute Gasteiger partial charge is 0.253 e. The summed E-state index contributed by atoms with van der Waals surface area (Å²) >= 11 is 0. The van der Waals surface area contributed by atoms with Crippen LogP contribution in [0.25, 0.3) is 0 Å². The molecule has 126 valence electrons. The summed E-state index contributed by atoms with van der Waals surface area (Å²) in [4.78, 5) is 31.9. The summed E-state index contributed by atoms with van der Waals surface area (Å²) in [7, 11) is 11.9. The molecule has 0 bridgehead atoms. The first-order valence-electron chi connectivity index (χ1n) is 7.80. The molecule has 0 radical (unpaired) electrons. The number of hydrogen-bond donors (Lipinski definition) is 0. The van der Waals surface area contributed by atoms with Crippen LogP contribution in [0.2, 0.25) is 0 Å². The van der Waals surface area contributed by atoms with Crippen molar-refractivity contribution in [2.75, 3.05) is 78.3 Å². The molecule has 0 saturated heterocycles. The Kier molecular flexibility index (Phi) is 7.03. The molecule has 6 heteroatoms. The Morgan fingerprint density at radius 1 is 0.591 bits per heavy atom. The van der Waals surface area contributed by atoms with E-state index < -0.39 is 0 Å². The molecule has 0 heterocycles. The summed E-state index contributed by atoms with van der Waals surface area (Å²) in [5, 5.41) is 0. The summed E-state index contributed by atoms with van der Waals surface area (Å²) in [5.41, 5.74) is 0.468. The van der Waals surface area contributed by atoms with Crippen molar-refractivity contribution in [1.29, 1.82) is 0 Å². The topological polar surface area (TPSA) is 47.1 Å². The van der Waals surface area contributed by atoms with Crippen LogP contribution in [-0.2, 0) is 0 Å². The standard InChI is InChI=1S/C16H30N4O2/c1-17(2)9-7-11-19(5)13-14(16(22)15(13)21)20(6)12-8-10-18(3)4/h7-12H2,1-6H3. The number of anilines is 2. The Morgan fingerprint density at radius 2 is 0.909 bits per heavy atom. The zero-order chi connectivity index (χ0) is 16.9. The van der Waals surface area contributed by atoms with Crippen molar-refractivity contribution >= 4 is 11.4 Å². The molecule has 1 aromatic carbocycles. The van der Waals surface area contributed by atoms with E-state index in [4.69, 9.17) is 0 Å². The van der Waals surface area contributed by atoms with Gasteiger partial charge in [0.2, 0.25) is 0 Å². The predicted molar refractivity (Wildman–Crippen MR) is 94.2 cm³/mol. The van der Waals surface area contributed by atoms with Crippen LogP contribution in [0.3, 0.4) is 0 Å². The number of rotatable bonds is 10. The van der Waals surface area contributed by atoms with E-state index in [9.17, 15) is 9.59 Å². The largest absolute Gasteiger partial charge is 0.369 e. The lowest BCUT2D eigenvalue weighted by Crippen LogP contribution is -2.45. The normalized spacial score (nSPS) is 11.6. The van der Waals surface area contributed by atoms with E-state index in [0.29, 0.717) is 11.4 Å². The maximum atomic E-state index is 11.9. The minimum atomic E-state index is -0.346. The highest BCUT2D eigenvalue weighted by Crippen LogP contribution is 2.22. The third kappa shape index (κ3) is 4.81. The molecule has 0 unspecified atom stereocenters. The molecule has 0 aromatic heterocycles. The summed E-state index contributed by atoms with van der Waals surface area (Å²) in [6.45, 7) is 3.49. The molecular weight excluding hydrogens is 280 g/mol. The van der Waals surface area contributed by atoms with Gasteiger partial charge in [-0.25, -0.2) is 0 Å². The molecule has 0 amide bonds. The summed E-state index contributed by atoms with van der Waals surface area (Å²) in [5.74, 6) is 0. The third-order valence-electron chi connectivity index (χ3n) is 3.82. The molecular formula is C16H30N4O2. The zero-order valence-corrected chi connectivity index (χ0v) is 14.8. The van der Waals surface area contributed by atoms with Gasteiger partial charge in [-0.05, 0) is 54.1 Å². The van der Waals surface area contributed by atoms with Gasteiger partial charge in [0.1, 0.15) is 11.4 Å². The zero-order valence-electron chi connectivity index (χ0n) is 14.8. The fraction of sp³-hybridized carbons (Fsp3) is 0.750. The number of nitrogens with zero attached hydrogens (tertiary/aromatic N) is 4. The Morgan fingerprint density at radius 3 is 1.18 bits per heavy atom. The van der Waals surface area contributed by atoms with Gasteiger partial charge in [-0.1, -0.05) is 0 Å². The minimum Gasteiger partial charge on any atom is -0.369 e. The van der Waals surface area contributed by atoms with Gasteiger partial charge >= 0.3 is 0 Å². The summed E-state index contributed by atoms with van der Waals surface area (Å²) in [6.07, 6.45) is 1.93. The van der Waals surface area contributed by atoms with Gasteiger partial charge in [-0.15, -0.1) is 0 Å². The van der Waals surface area contributed by atoms with E-state index in [0.717, 1.165) is 39.0 Å². The second-order valence-electron chi connectivity index (χ2n) is 6.51. The molecule has 0 fully saturated rings. The van der Waals surface area contributed by atoms with Crippen molar-refractivity contribution in [3.8, 4) is 0 Å². The lowest BCUT2D eigenvalue weighted by Gasteiger charge is -2.29. The molecule has 0 spiro atoms. The predicted octanol–water partition coefficient (Wildman–Crippen LogP) is 0.0584. The van der Waals surface area contributed by atoms with Gasteiger partial charge in [-0.2, -0.15) is 0 Å². The van der Waals surface area contributed by atoms with Crippen LogP contribution in [0.4, 0.5) is 11.4 Å². The molecule has 0 N–H and O–H groups in total. The first kappa shape index (κ1) is 18.6. The first-order valence-corrected chi connectivity index (χ1v) is 7.80. The first-order chi connectivity index (χ1) is 10.3. The second kappa shape index (κ2) is 8.29. The monoisotopic (exact) mass is 310 g/mol. The molecule has 0 aliphatic rings. The van der Waals surface area contributed by atoms with E-state index in [1.807, 2.05) is 52.1 Å². The molecule has 1 aromatic rings. The lowest BCUT2D eigenvalue weighted by molar-refractivity contribution is 0.401. The average molecular weight is 310 g/mol. The average Bonchev–Trinajstić information content (AvgIpc) is 2.42. The van der Waals surface area contributed by atoms with Crippen molar-refractivity contribution in [3.63, 3.8) is 0 Å². The van der Waals surface area contributed by atoms with Crippen molar-refractivity contribution < 1.29 is 0 Å². The summed E-state index contributed by atoms with van der Waals surface area (Å²) in [6, 6.07) is 0. The molecule has 0 saturated carbocycles. The quantitative estimate of drug-likeness (QED) is 0.570. The van der Waals surface area contributed by atoms with E-state index in [1.165, 1.54) is 0 Å². The number of hydrogen-bond acceptors (Lipinski definition) is 6. The Hall–Kier alpha value is -1.40. The minimum absolute atomic E-state index is 0.346. The van der Waals surface area contributed by atoms with Crippen LogP contribution in [0.5, 0.6) is 0 Å². The van der Waals surface area contributed by atoms with Crippen LogP contribution < -0.4 is 20.7 Å². The van der Waals surface area contributed by atoms with Gasteiger partial charge in [0.15, 0.2) is 0 Å². The van der Waals surface area contributed by atoms with Crippen molar-refractivity contribution in [1.82, 2.24) is 9.80 Å². The van der Waals surface area contributed by atoms with E-state index in [2.05, 4.69) is 9.80 Å². The molecule has 22 heavy (non-hydrogen) atoms. The Bertz CT molecular complexity index is 485. The second-order valence-corrected chi connectivity index (χ2v) is 6.51. The van der Waals surface area contributed by atoms with Gasteiger partial charge in [-0.3, -0.25) is 9.59 Å². The highest BCUT2D eigenvalue weighted by Gasteiger charge is 2.26. The van der Waals surface area contributed by atoms with Gasteiger partial charge in [0, 0.05) is 27.2 Å². The van der Waals surface area contributed by atoms with Crippen LogP contribution in [0.15, 0.2) is 9.59 Å². The molecule has 0 atom stereocenters. The van der Waals surface area contributed by atoms with Crippen molar-refractivity contribution in [2.45, 2.75) is 12.8 Å². The maximum absolute atomic E-state index is 11.9. The van der Waals surface area contributed by atoms with Gasteiger partial charge in [0.25, 0.3) is 10.9 Å². The molecule has 1 rings (SSSR count). The maximum Gasteiger partial charge on any atom is 0.253 e. The van der Waals surface area contributed by atoms with Crippen molar-refractivity contribution in [2.24, 2.45) is 0 Å². The van der Waals surface area contributed by atoms with Crippen LogP contribution in [-0.4, -0.2) is 78.3 Å². The highest BCUT2D eigenvalue weighted by atomic mass is 16.2. The highest BCUT2D eigenvalue weighted by molar-refractivity contribution is 5.75. The Balaban J connectivity index is 2.67. The van der Waals surface area contributed by atoms with E-state index in [1.54, 1.807) is 0 Å². The van der Waals surface area contributed by atoms with E-state index >= 15 is 0 Å². The fourth-order valence-corrected chi connectivity index (χ4v) is 2.55. The van der Waals surface area contributed by atoms with Crippen LogP contribution in [0.1, 0.15) is 12.8 Å². The summed E-state index contributed by atoms with van der Waals surface area (Å²) < 4.78 is 0. The third-order valence-corrected chi connectivity index (χ3v) is 3.82. The SMILES string of the molecule is CN(C)CCCN(C)c1c(N(C)CCCN(C)C)c(=O)c1=O. The van der Waals surface area contributed by atoms with Crippen LogP contribution in [0, 0.1) is 0 Å².